The van der Waals surface area contributed by atoms with Crippen molar-refractivity contribution in [1.29, 1.82) is 0 Å². The Balaban J connectivity index is 1.28. The van der Waals surface area contributed by atoms with E-state index in [9.17, 15) is 22.8 Å². The second-order valence-corrected chi connectivity index (χ2v) is 10.3. The van der Waals surface area contributed by atoms with E-state index in [4.69, 9.17) is 9.84 Å². The van der Waals surface area contributed by atoms with Crippen LogP contribution in [0, 0.1) is 22.9 Å². The van der Waals surface area contributed by atoms with Crippen LogP contribution >= 0.6 is 0 Å². The molecule has 0 unspecified atom stereocenters. The lowest BCUT2D eigenvalue weighted by molar-refractivity contribution is -0.118. The summed E-state index contributed by atoms with van der Waals surface area (Å²) >= 11 is 0. The summed E-state index contributed by atoms with van der Waals surface area (Å²) in [5.41, 5.74) is 1.97. The van der Waals surface area contributed by atoms with Crippen molar-refractivity contribution < 1.29 is 32.6 Å². The Hall–Kier alpha value is -3.85. The molecule has 2 fully saturated rings. The second-order valence-electron chi connectivity index (χ2n) is 10.3. The van der Waals surface area contributed by atoms with E-state index in [1.54, 1.807) is 29.2 Å². The number of aromatic carboxylic acids is 1. The van der Waals surface area contributed by atoms with Gasteiger partial charge in [-0.2, -0.15) is 0 Å². The number of carboxylic acid groups (broad SMARTS) is 1. The van der Waals surface area contributed by atoms with Gasteiger partial charge in [0, 0.05) is 30.8 Å². The van der Waals surface area contributed by atoms with E-state index in [1.165, 1.54) is 18.2 Å². The summed E-state index contributed by atoms with van der Waals surface area (Å²) < 4.78 is 47.6. The number of carbonyl (C=O) groups excluding carboxylic acids is 1. The summed E-state index contributed by atoms with van der Waals surface area (Å²) in [5, 5.41) is 9.13. The molecular formula is C30H29F3N2O4. The highest BCUT2D eigenvalue weighted by molar-refractivity contribution is 5.97. The van der Waals surface area contributed by atoms with Gasteiger partial charge in [0.25, 0.3) is 0 Å². The Kier molecular flexibility index (Phi) is 7.36. The van der Waals surface area contributed by atoms with Gasteiger partial charge in [-0.15, -0.1) is 0 Å². The van der Waals surface area contributed by atoms with Crippen LogP contribution in [0.3, 0.4) is 0 Å². The van der Waals surface area contributed by atoms with Crippen molar-refractivity contribution in [1.82, 2.24) is 4.90 Å². The van der Waals surface area contributed by atoms with Gasteiger partial charge in [-0.1, -0.05) is 0 Å². The van der Waals surface area contributed by atoms with E-state index < -0.39 is 23.4 Å². The molecule has 0 aliphatic carbocycles. The average molecular weight is 539 g/mol. The minimum Gasteiger partial charge on any atom is -0.494 e. The fraction of sp³-hybridized carbons (Fsp3) is 0.333. The molecule has 1 N–H and O–H groups in total. The molecule has 0 atom stereocenters. The number of amides is 1. The van der Waals surface area contributed by atoms with E-state index >= 15 is 0 Å². The van der Waals surface area contributed by atoms with Gasteiger partial charge in [-0.3, -0.25) is 9.69 Å². The molecule has 2 aliphatic heterocycles. The number of ether oxygens (including phenoxy) is 1. The Labute approximate surface area is 224 Å². The van der Waals surface area contributed by atoms with Crippen LogP contribution in [-0.2, 0) is 11.3 Å². The lowest BCUT2D eigenvalue weighted by Gasteiger charge is -2.39. The highest BCUT2D eigenvalue weighted by Crippen LogP contribution is 2.43. The Bertz CT molecular complexity index is 1400. The van der Waals surface area contributed by atoms with E-state index in [2.05, 4.69) is 4.90 Å². The Morgan fingerprint density at radius 2 is 1.72 bits per heavy atom. The lowest BCUT2D eigenvalue weighted by atomic mass is 9.77. The van der Waals surface area contributed by atoms with Crippen LogP contribution in [0.1, 0.15) is 42.1 Å². The van der Waals surface area contributed by atoms with E-state index in [1.807, 2.05) is 13.0 Å². The number of hydrogen-bond acceptors (Lipinski definition) is 4. The van der Waals surface area contributed by atoms with Gasteiger partial charge in [0.05, 0.1) is 12.2 Å². The standard InChI is InChI=1S/C30H29F3N2O4/c1-2-39-23-14-19(13-21(15-23)24-7-8-25(31)28(33)27(24)32)17-34-11-9-30(10-12-34)16-26(36)35(18-30)22-5-3-20(4-6-22)29(37)38/h3-8,13-15H,2,9-12,16-18H2,1H3,(H,37,38). The van der Waals surface area contributed by atoms with Gasteiger partial charge in [0.15, 0.2) is 17.5 Å². The predicted octanol–water partition coefficient (Wildman–Crippen LogP) is 5.89. The quantitative estimate of drug-likeness (QED) is 0.380. The van der Waals surface area contributed by atoms with Crippen LogP contribution < -0.4 is 9.64 Å². The zero-order valence-corrected chi connectivity index (χ0v) is 21.6. The molecule has 0 bridgehead atoms. The minimum atomic E-state index is -1.50. The molecule has 1 amide bonds. The van der Waals surface area contributed by atoms with Gasteiger partial charge in [0.2, 0.25) is 5.91 Å². The number of rotatable bonds is 7. The summed E-state index contributed by atoms with van der Waals surface area (Å²) in [4.78, 5) is 28.0. The molecule has 2 heterocycles. The smallest absolute Gasteiger partial charge is 0.335 e. The SMILES string of the molecule is CCOc1cc(CN2CCC3(CC2)CC(=O)N(c2ccc(C(=O)O)cc2)C3)cc(-c2ccc(F)c(F)c2F)c1. The first kappa shape index (κ1) is 26.7. The maximum absolute atomic E-state index is 14.5. The zero-order valence-electron chi connectivity index (χ0n) is 21.6. The molecular weight excluding hydrogens is 509 g/mol. The van der Waals surface area contributed by atoms with Crippen molar-refractivity contribution in [3.05, 3.63) is 83.2 Å². The van der Waals surface area contributed by atoms with Crippen molar-refractivity contribution in [3.63, 3.8) is 0 Å². The first-order valence-electron chi connectivity index (χ1n) is 12.9. The largest absolute Gasteiger partial charge is 0.494 e. The molecule has 2 aliphatic rings. The van der Waals surface area contributed by atoms with Crippen molar-refractivity contribution in [3.8, 4) is 16.9 Å². The van der Waals surface area contributed by atoms with Crippen LogP contribution in [0.25, 0.3) is 11.1 Å². The number of nitrogens with zero attached hydrogens (tertiary/aromatic N) is 2. The molecule has 6 nitrogen and oxygen atoms in total. The maximum Gasteiger partial charge on any atom is 0.335 e. The van der Waals surface area contributed by atoms with Crippen LogP contribution in [0.4, 0.5) is 18.9 Å². The number of carboxylic acids is 1. The number of anilines is 1. The van der Waals surface area contributed by atoms with Crippen LogP contribution in [0.15, 0.2) is 54.6 Å². The highest BCUT2D eigenvalue weighted by atomic mass is 19.2. The molecule has 0 saturated carbocycles. The third kappa shape index (κ3) is 5.49. The van der Waals surface area contributed by atoms with Crippen LogP contribution in [0.5, 0.6) is 5.75 Å². The number of likely N-dealkylation sites (tertiary alicyclic amines) is 1. The molecule has 3 aromatic rings. The molecule has 0 aromatic heterocycles. The molecule has 1 spiro atoms. The summed E-state index contributed by atoms with van der Waals surface area (Å²) in [7, 11) is 0. The number of benzene rings is 3. The number of halogens is 3. The predicted molar refractivity (Wildman–Crippen MR) is 140 cm³/mol. The average Bonchev–Trinajstić information content (AvgIpc) is 3.24. The third-order valence-electron chi connectivity index (χ3n) is 7.69. The van der Waals surface area contributed by atoms with Gasteiger partial charge in [-0.05, 0) is 104 Å². The molecule has 39 heavy (non-hydrogen) atoms. The zero-order chi connectivity index (χ0) is 27.7. The van der Waals surface area contributed by atoms with Crippen LogP contribution in [0.2, 0.25) is 0 Å². The van der Waals surface area contributed by atoms with E-state index in [-0.39, 0.29) is 22.4 Å². The summed E-state index contributed by atoms with van der Waals surface area (Å²) in [6, 6.07) is 13.8. The summed E-state index contributed by atoms with van der Waals surface area (Å²) in [6.45, 7) is 4.90. The molecule has 2 saturated heterocycles. The third-order valence-corrected chi connectivity index (χ3v) is 7.69. The normalized spacial score (nSPS) is 17.1. The maximum atomic E-state index is 14.5. The first-order chi connectivity index (χ1) is 18.7. The number of hydrogen-bond donors (Lipinski definition) is 1. The van der Waals surface area contributed by atoms with E-state index in [0.29, 0.717) is 43.1 Å². The van der Waals surface area contributed by atoms with Crippen molar-refractivity contribution >= 4 is 17.6 Å². The number of carbonyl (C=O) groups is 2. The Morgan fingerprint density at radius 3 is 2.38 bits per heavy atom. The molecule has 0 radical (unpaired) electrons. The van der Waals surface area contributed by atoms with Gasteiger partial charge in [0.1, 0.15) is 5.75 Å². The monoisotopic (exact) mass is 538 g/mol. The molecule has 3 aromatic carbocycles. The van der Waals surface area contributed by atoms with Gasteiger partial charge >= 0.3 is 5.97 Å². The highest BCUT2D eigenvalue weighted by Gasteiger charge is 2.45. The van der Waals surface area contributed by atoms with E-state index in [0.717, 1.165) is 37.6 Å². The fourth-order valence-electron chi connectivity index (χ4n) is 5.60. The van der Waals surface area contributed by atoms with Crippen molar-refractivity contribution in [2.45, 2.75) is 32.7 Å². The van der Waals surface area contributed by atoms with Crippen LogP contribution in [-0.4, -0.2) is 48.1 Å². The second kappa shape index (κ2) is 10.7. The summed E-state index contributed by atoms with van der Waals surface area (Å²) in [5.74, 6) is -4.42. The molecule has 5 rings (SSSR count). The Morgan fingerprint density at radius 1 is 1.00 bits per heavy atom. The molecule has 9 heteroatoms. The van der Waals surface area contributed by atoms with Crippen molar-refractivity contribution in [2.75, 3.05) is 31.1 Å². The summed E-state index contributed by atoms with van der Waals surface area (Å²) in [6.07, 6.45) is 2.08. The van der Waals surface area contributed by atoms with Gasteiger partial charge in [-0.25, -0.2) is 18.0 Å². The van der Waals surface area contributed by atoms with Gasteiger partial charge < -0.3 is 14.7 Å². The minimum absolute atomic E-state index is 0.0322. The first-order valence-corrected chi connectivity index (χ1v) is 12.9. The topological polar surface area (TPSA) is 70.1 Å². The number of piperidine rings is 1. The fourth-order valence-corrected chi connectivity index (χ4v) is 5.60. The lowest BCUT2D eigenvalue weighted by Crippen LogP contribution is -2.41. The molecule has 204 valence electrons. The van der Waals surface area contributed by atoms with Crippen molar-refractivity contribution in [2.24, 2.45) is 5.41 Å².